The molecule has 0 aromatic heterocycles. The van der Waals surface area contributed by atoms with Crippen LogP contribution in [0.2, 0.25) is 0 Å². The fourth-order valence-electron chi connectivity index (χ4n) is 1.76. The van der Waals surface area contributed by atoms with E-state index in [1.165, 1.54) is 12.1 Å². The quantitative estimate of drug-likeness (QED) is 0.938. The van der Waals surface area contributed by atoms with E-state index in [1.807, 2.05) is 6.07 Å². The molecule has 0 aliphatic rings. The molecular weight excluding hydrogens is 271 g/mol. The van der Waals surface area contributed by atoms with Crippen LogP contribution in [-0.2, 0) is 4.79 Å². The van der Waals surface area contributed by atoms with Crippen molar-refractivity contribution in [2.24, 2.45) is 0 Å². The van der Waals surface area contributed by atoms with E-state index < -0.39 is 5.91 Å². The molecule has 4 nitrogen and oxygen atoms in total. The monoisotopic (exact) mass is 284 g/mol. The second-order valence-corrected chi connectivity index (χ2v) is 4.36. The number of hydrogen-bond donors (Lipinski definition) is 1. The van der Waals surface area contributed by atoms with Gasteiger partial charge in [-0.3, -0.25) is 4.79 Å². The van der Waals surface area contributed by atoms with Crippen molar-refractivity contribution in [1.82, 2.24) is 0 Å². The van der Waals surface area contributed by atoms with E-state index in [2.05, 4.69) is 5.32 Å². The highest BCUT2D eigenvalue weighted by atomic mass is 19.1. The number of nitrogens with zero attached hydrogens (tertiary/aromatic N) is 1. The first-order valence-corrected chi connectivity index (χ1v) is 6.28. The number of rotatable bonds is 4. The maximum atomic E-state index is 13.4. The van der Waals surface area contributed by atoms with Crippen molar-refractivity contribution in [3.8, 4) is 11.8 Å². The van der Waals surface area contributed by atoms with Gasteiger partial charge in [-0.15, -0.1) is 0 Å². The Balaban J connectivity index is 2.00. The van der Waals surface area contributed by atoms with Gasteiger partial charge in [0.25, 0.3) is 5.91 Å². The van der Waals surface area contributed by atoms with E-state index in [0.29, 0.717) is 22.6 Å². The fourth-order valence-corrected chi connectivity index (χ4v) is 1.76. The van der Waals surface area contributed by atoms with Crippen LogP contribution in [0.4, 0.5) is 10.1 Å². The molecule has 0 fully saturated rings. The second-order valence-electron chi connectivity index (χ2n) is 4.36. The summed E-state index contributed by atoms with van der Waals surface area (Å²) in [4.78, 5) is 11.8. The number of nitrogens with one attached hydrogen (secondary N) is 1. The van der Waals surface area contributed by atoms with Crippen molar-refractivity contribution in [3.63, 3.8) is 0 Å². The number of carbonyl (C=O) groups is 1. The SMILES string of the molecule is Cc1c(F)cccc1NC(=O)COc1ccccc1C#N. The predicted octanol–water partition coefficient (Wildman–Crippen LogP) is 3.02. The van der Waals surface area contributed by atoms with Gasteiger partial charge in [-0.1, -0.05) is 18.2 Å². The normalized spacial score (nSPS) is 9.76. The smallest absolute Gasteiger partial charge is 0.262 e. The predicted molar refractivity (Wildman–Crippen MR) is 76.4 cm³/mol. The number of para-hydroxylation sites is 1. The van der Waals surface area contributed by atoms with Crippen LogP contribution in [0.5, 0.6) is 5.75 Å². The Morgan fingerprint density at radius 2 is 2.05 bits per heavy atom. The number of nitriles is 1. The molecule has 21 heavy (non-hydrogen) atoms. The Bertz CT molecular complexity index is 708. The highest BCUT2D eigenvalue weighted by molar-refractivity contribution is 5.92. The van der Waals surface area contributed by atoms with Crippen LogP contribution >= 0.6 is 0 Å². The molecule has 0 heterocycles. The molecule has 0 atom stereocenters. The Labute approximate surface area is 121 Å². The van der Waals surface area contributed by atoms with E-state index in [4.69, 9.17) is 10.00 Å². The van der Waals surface area contributed by atoms with Crippen molar-refractivity contribution < 1.29 is 13.9 Å². The molecule has 1 amide bonds. The maximum absolute atomic E-state index is 13.4. The molecule has 1 N–H and O–H groups in total. The first kappa shape index (κ1) is 14.5. The third kappa shape index (κ3) is 3.57. The van der Waals surface area contributed by atoms with Gasteiger partial charge >= 0.3 is 0 Å². The van der Waals surface area contributed by atoms with Gasteiger partial charge in [0.1, 0.15) is 17.6 Å². The lowest BCUT2D eigenvalue weighted by Crippen LogP contribution is -2.21. The van der Waals surface area contributed by atoms with Crippen molar-refractivity contribution in [1.29, 1.82) is 5.26 Å². The summed E-state index contributed by atoms with van der Waals surface area (Å²) in [6, 6.07) is 13.1. The number of carbonyl (C=O) groups excluding carboxylic acids is 1. The first-order chi connectivity index (χ1) is 10.1. The van der Waals surface area contributed by atoms with Crippen LogP contribution in [-0.4, -0.2) is 12.5 Å². The fraction of sp³-hybridized carbons (Fsp3) is 0.125. The number of hydrogen-bond acceptors (Lipinski definition) is 3. The zero-order valence-electron chi connectivity index (χ0n) is 11.4. The molecule has 0 unspecified atom stereocenters. The van der Waals surface area contributed by atoms with Crippen molar-refractivity contribution in [2.45, 2.75) is 6.92 Å². The lowest BCUT2D eigenvalue weighted by atomic mass is 10.2. The van der Waals surface area contributed by atoms with Crippen LogP contribution in [0.25, 0.3) is 0 Å². The molecule has 106 valence electrons. The number of halogens is 1. The second kappa shape index (κ2) is 6.53. The minimum Gasteiger partial charge on any atom is -0.482 e. The molecule has 5 heteroatoms. The third-order valence-electron chi connectivity index (χ3n) is 2.91. The van der Waals surface area contributed by atoms with Gasteiger partial charge in [0, 0.05) is 11.3 Å². The Morgan fingerprint density at radius 3 is 2.81 bits per heavy atom. The molecule has 0 spiro atoms. The van der Waals surface area contributed by atoms with E-state index >= 15 is 0 Å². The van der Waals surface area contributed by atoms with Gasteiger partial charge in [0.05, 0.1) is 5.56 Å². The minimum absolute atomic E-state index is 0.255. The van der Waals surface area contributed by atoms with Gasteiger partial charge in [0.2, 0.25) is 0 Å². The lowest BCUT2D eigenvalue weighted by molar-refractivity contribution is -0.118. The highest BCUT2D eigenvalue weighted by Gasteiger charge is 2.09. The summed E-state index contributed by atoms with van der Waals surface area (Å²) in [6.07, 6.45) is 0. The van der Waals surface area contributed by atoms with Gasteiger partial charge in [-0.2, -0.15) is 5.26 Å². The zero-order valence-corrected chi connectivity index (χ0v) is 11.4. The van der Waals surface area contributed by atoms with E-state index in [0.717, 1.165) is 0 Å². The minimum atomic E-state index is -0.420. The van der Waals surface area contributed by atoms with Crippen LogP contribution in [0.15, 0.2) is 42.5 Å². The first-order valence-electron chi connectivity index (χ1n) is 6.28. The summed E-state index contributed by atoms with van der Waals surface area (Å²) >= 11 is 0. The largest absolute Gasteiger partial charge is 0.482 e. The molecule has 0 bridgehead atoms. The summed E-state index contributed by atoms with van der Waals surface area (Å²) in [6.45, 7) is 1.32. The zero-order chi connectivity index (χ0) is 15.2. The van der Waals surface area contributed by atoms with E-state index in [-0.39, 0.29) is 12.4 Å². The molecule has 0 aliphatic heterocycles. The van der Waals surface area contributed by atoms with Gasteiger partial charge < -0.3 is 10.1 Å². The van der Waals surface area contributed by atoms with Gasteiger partial charge in [-0.05, 0) is 31.2 Å². The highest BCUT2D eigenvalue weighted by Crippen LogP contribution is 2.18. The molecule has 0 radical (unpaired) electrons. The van der Waals surface area contributed by atoms with Crippen molar-refractivity contribution >= 4 is 11.6 Å². The Morgan fingerprint density at radius 1 is 1.29 bits per heavy atom. The molecular formula is C16H13FN2O2. The molecule has 0 aliphatic carbocycles. The summed E-state index contributed by atoms with van der Waals surface area (Å²) < 4.78 is 18.7. The molecule has 2 aromatic rings. The standard InChI is InChI=1S/C16H13FN2O2/c1-11-13(17)6-4-7-14(11)19-16(20)10-21-15-8-3-2-5-12(15)9-18/h2-8H,10H2,1H3,(H,19,20). The summed E-state index contributed by atoms with van der Waals surface area (Å²) in [7, 11) is 0. The van der Waals surface area contributed by atoms with Gasteiger partial charge in [-0.25, -0.2) is 4.39 Å². The van der Waals surface area contributed by atoms with Crippen molar-refractivity contribution in [3.05, 3.63) is 59.4 Å². The average Bonchev–Trinajstić information content (AvgIpc) is 2.50. The summed E-state index contributed by atoms with van der Waals surface area (Å²) in [5, 5.41) is 11.5. The lowest BCUT2D eigenvalue weighted by Gasteiger charge is -2.10. The van der Waals surface area contributed by atoms with Crippen LogP contribution in [0.1, 0.15) is 11.1 Å². The number of ether oxygens (including phenoxy) is 1. The maximum Gasteiger partial charge on any atom is 0.262 e. The van der Waals surface area contributed by atoms with Crippen LogP contribution in [0.3, 0.4) is 0 Å². The number of amides is 1. The van der Waals surface area contributed by atoms with Crippen LogP contribution < -0.4 is 10.1 Å². The van der Waals surface area contributed by atoms with E-state index in [9.17, 15) is 9.18 Å². The average molecular weight is 284 g/mol. The van der Waals surface area contributed by atoms with Crippen LogP contribution in [0, 0.1) is 24.1 Å². The van der Waals surface area contributed by atoms with E-state index in [1.54, 1.807) is 37.3 Å². The molecule has 0 saturated carbocycles. The molecule has 2 rings (SSSR count). The summed E-state index contributed by atoms with van der Waals surface area (Å²) in [5.74, 6) is -0.467. The topological polar surface area (TPSA) is 62.1 Å². The number of benzene rings is 2. The number of anilines is 1. The van der Waals surface area contributed by atoms with Crippen molar-refractivity contribution in [2.75, 3.05) is 11.9 Å². The van der Waals surface area contributed by atoms with Gasteiger partial charge in [0.15, 0.2) is 6.61 Å². The Hall–Kier alpha value is -2.87. The Kier molecular flexibility index (Phi) is 4.52. The summed E-state index contributed by atoms with van der Waals surface area (Å²) in [5.41, 5.74) is 1.12. The molecule has 2 aromatic carbocycles. The third-order valence-corrected chi connectivity index (χ3v) is 2.91. The molecule has 0 saturated heterocycles.